The predicted molar refractivity (Wildman–Crippen MR) is 117 cm³/mol. The van der Waals surface area contributed by atoms with E-state index in [2.05, 4.69) is 5.32 Å². The van der Waals surface area contributed by atoms with Gasteiger partial charge in [-0.2, -0.15) is 0 Å². The van der Waals surface area contributed by atoms with Gasteiger partial charge in [0.1, 0.15) is 11.8 Å². The van der Waals surface area contributed by atoms with E-state index in [0.29, 0.717) is 29.6 Å². The van der Waals surface area contributed by atoms with Gasteiger partial charge in [0, 0.05) is 18.8 Å². The monoisotopic (exact) mass is 411 g/mol. The fourth-order valence-corrected chi connectivity index (χ4v) is 3.83. The van der Waals surface area contributed by atoms with E-state index >= 15 is 0 Å². The van der Waals surface area contributed by atoms with Crippen molar-refractivity contribution >= 4 is 34.8 Å². The van der Waals surface area contributed by atoms with Gasteiger partial charge in [-0.3, -0.25) is 14.5 Å². The average molecular weight is 412 g/mol. The molecule has 152 valence electrons. The maximum Gasteiger partial charge on any atom is 0.252 e. The molecule has 0 bridgehead atoms. The van der Waals surface area contributed by atoms with E-state index in [1.54, 1.807) is 36.3 Å². The lowest BCUT2D eigenvalue weighted by Gasteiger charge is -2.23. The number of rotatable bonds is 8. The van der Waals surface area contributed by atoms with Crippen LogP contribution in [0.3, 0.4) is 0 Å². The first-order valence-corrected chi connectivity index (χ1v) is 10.0. The summed E-state index contributed by atoms with van der Waals surface area (Å²) in [5, 5.41) is 3.34. The van der Waals surface area contributed by atoms with E-state index in [9.17, 15) is 9.59 Å². The van der Waals surface area contributed by atoms with Gasteiger partial charge in [-0.1, -0.05) is 30.3 Å². The molecule has 1 fully saturated rings. The first-order valence-electron chi connectivity index (χ1n) is 9.63. The zero-order valence-corrected chi connectivity index (χ0v) is 17.4. The predicted octanol–water partition coefficient (Wildman–Crippen LogP) is 3.08. The standard InChI is InChI=1S/C22H25N3O3S/c1-3-24-21(27)19(15-20(26)23-17-9-11-18(28-2)12-10-17)25(22(24)29)14-13-16-7-5-4-6-8-16/h4-12,19H,3,13-15H2,1-2H3,(H,23,26)/t19-/m1/s1. The van der Waals surface area contributed by atoms with Gasteiger partial charge >= 0.3 is 0 Å². The smallest absolute Gasteiger partial charge is 0.252 e. The van der Waals surface area contributed by atoms with Crippen LogP contribution in [0.1, 0.15) is 18.9 Å². The molecule has 6 nitrogen and oxygen atoms in total. The number of nitrogens with one attached hydrogen (secondary N) is 1. The summed E-state index contributed by atoms with van der Waals surface area (Å²) in [6, 6.07) is 16.5. The summed E-state index contributed by atoms with van der Waals surface area (Å²) in [6.07, 6.45) is 0.804. The van der Waals surface area contributed by atoms with Crippen LogP contribution in [0.4, 0.5) is 5.69 Å². The molecule has 2 amide bonds. The molecular formula is C22H25N3O3S. The number of thiocarbonyl (C=S) groups is 1. The van der Waals surface area contributed by atoms with E-state index in [4.69, 9.17) is 17.0 Å². The lowest BCUT2D eigenvalue weighted by molar-refractivity contribution is -0.130. The number of benzene rings is 2. The number of carbonyl (C=O) groups is 2. The number of carbonyl (C=O) groups excluding carboxylic acids is 2. The Labute approximate surface area is 176 Å². The van der Waals surface area contributed by atoms with Crippen LogP contribution in [0.15, 0.2) is 54.6 Å². The summed E-state index contributed by atoms with van der Waals surface area (Å²) < 4.78 is 5.13. The van der Waals surface area contributed by atoms with Crippen molar-refractivity contribution in [3.8, 4) is 5.75 Å². The van der Waals surface area contributed by atoms with Crippen molar-refractivity contribution < 1.29 is 14.3 Å². The number of amides is 2. The lowest BCUT2D eigenvalue weighted by atomic mass is 10.1. The minimum atomic E-state index is -0.579. The van der Waals surface area contributed by atoms with E-state index in [1.807, 2.05) is 42.2 Å². The maximum atomic E-state index is 12.8. The Bertz CT molecular complexity index is 871. The molecule has 0 spiro atoms. The summed E-state index contributed by atoms with van der Waals surface area (Å²) in [5.41, 5.74) is 1.83. The second-order valence-corrected chi connectivity index (χ2v) is 7.16. The third kappa shape index (κ3) is 4.92. The summed E-state index contributed by atoms with van der Waals surface area (Å²) in [7, 11) is 1.59. The molecule has 0 saturated carbocycles. The van der Waals surface area contributed by atoms with Crippen LogP contribution in [-0.2, 0) is 16.0 Å². The molecule has 1 aliphatic heterocycles. The number of ether oxygens (including phenoxy) is 1. The van der Waals surface area contributed by atoms with Gasteiger partial charge < -0.3 is 15.0 Å². The van der Waals surface area contributed by atoms with Crippen molar-refractivity contribution in [1.82, 2.24) is 9.80 Å². The SMILES string of the molecule is CCN1C(=O)[C@@H](CC(=O)Nc2ccc(OC)cc2)N(CCc2ccccc2)C1=S. The highest BCUT2D eigenvalue weighted by Crippen LogP contribution is 2.22. The van der Waals surface area contributed by atoms with Crippen LogP contribution in [0, 0.1) is 0 Å². The molecule has 2 aromatic rings. The molecule has 1 saturated heterocycles. The highest BCUT2D eigenvalue weighted by atomic mass is 32.1. The van der Waals surface area contributed by atoms with Crippen molar-refractivity contribution in [3.05, 3.63) is 60.2 Å². The molecule has 1 atom stereocenters. The Balaban J connectivity index is 1.68. The minimum absolute atomic E-state index is 0.0519. The Morgan fingerprint density at radius 1 is 1.14 bits per heavy atom. The van der Waals surface area contributed by atoms with Gasteiger partial charge in [-0.15, -0.1) is 0 Å². The molecule has 1 heterocycles. The van der Waals surface area contributed by atoms with Gasteiger partial charge in [-0.25, -0.2) is 0 Å². The zero-order valence-electron chi connectivity index (χ0n) is 16.6. The summed E-state index contributed by atoms with van der Waals surface area (Å²) >= 11 is 5.53. The van der Waals surface area contributed by atoms with E-state index < -0.39 is 6.04 Å². The molecule has 0 unspecified atom stereocenters. The van der Waals surface area contributed by atoms with Crippen molar-refractivity contribution in [3.63, 3.8) is 0 Å². The fraction of sp³-hybridized carbons (Fsp3) is 0.318. The number of methoxy groups -OCH3 is 1. The third-order valence-electron chi connectivity index (χ3n) is 4.96. The van der Waals surface area contributed by atoms with Crippen molar-refractivity contribution in [2.24, 2.45) is 0 Å². The third-order valence-corrected chi connectivity index (χ3v) is 5.41. The molecule has 2 aromatic carbocycles. The number of hydrogen-bond donors (Lipinski definition) is 1. The van der Waals surface area contributed by atoms with Gasteiger partial charge in [0.05, 0.1) is 13.5 Å². The molecule has 7 heteroatoms. The van der Waals surface area contributed by atoms with Crippen molar-refractivity contribution in [1.29, 1.82) is 0 Å². The van der Waals surface area contributed by atoms with Gasteiger partial charge in [-0.05, 0) is 55.4 Å². The van der Waals surface area contributed by atoms with Gasteiger partial charge in [0.2, 0.25) is 5.91 Å². The number of hydrogen-bond acceptors (Lipinski definition) is 4. The number of nitrogens with zero attached hydrogens (tertiary/aromatic N) is 2. The average Bonchev–Trinajstić information content (AvgIpc) is 2.96. The molecule has 0 aromatic heterocycles. The van der Waals surface area contributed by atoms with E-state index in [-0.39, 0.29) is 18.2 Å². The Kier molecular flexibility index (Phi) is 6.82. The van der Waals surface area contributed by atoms with Crippen molar-refractivity contribution in [2.45, 2.75) is 25.8 Å². The van der Waals surface area contributed by atoms with Crippen LogP contribution >= 0.6 is 12.2 Å². The molecule has 1 N–H and O–H groups in total. The van der Waals surface area contributed by atoms with E-state index in [1.165, 1.54) is 5.56 Å². The minimum Gasteiger partial charge on any atom is -0.497 e. The summed E-state index contributed by atoms with van der Waals surface area (Å²) in [5.74, 6) is 0.374. The van der Waals surface area contributed by atoms with Crippen molar-refractivity contribution in [2.75, 3.05) is 25.5 Å². The van der Waals surface area contributed by atoms with Crippen LogP contribution in [0.5, 0.6) is 5.75 Å². The van der Waals surface area contributed by atoms with Crippen LogP contribution in [0.25, 0.3) is 0 Å². The summed E-state index contributed by atoms with van der Waals surface area (Å²) in [4.78, 5) is 28.9. The fourth-order valence-electron chi connectivity index (χ4n) is 3.39. The number of likely N-dealkylation sites (N-methyl/N-ethyl adjacent to an activating group) is 1. The molecular weight excluding hydrogens is 386 g/mol. The quantitative estimate of drug-likeness (QED) is 0.677. The lowest BCUT2D eigenvalue weighted by Crippen LogP contribution is -2.39. The molecule has 1 aliphatic rings. The second-order valence-electron chi connectivity index (χ2n) is 6.79. The zero-order chi connectivity index (χ0) is 20.8. The Morgan fingerprint density at radius 2 is 1.83 bits per heavy atom. The first-order chi connectivity index (χ1) is 14.0. The van der Waals surface area contributed by atoms with E-state index in [0.717, 1.165) is 6.42 Å². The second kappa shape index (κ2) is 9.52. The van der Waals surface area contributed by atoms with Gasteiger partial charge in [0.25, 0.3) is 5.91 Å². The summed E-state index contributed by atoms with van der Waals surface area (Å²) in [6.45, 7) is 2.97. The maximum absolute atomic E-state index is 12.8. The first kappa shape index (κ1) is 20.8. The van der Waals surface area contributed by atoms with Crippen LogP contribution in [0.2, 0.25) is 0 Å². The number of anilines is 1. The molecule has 0 radical (unpaired) electrons. The largest absolute Gasteiger partial charge is 0.497 e. The topological polar surface area (TPSA) is 61.9 Å². The molecule has 3 rings (SSSR count). The van der Waals surface area contributed by atoms with Crippen LogP contribution < -0.4 is 10.1 Å². The highest BCUT2D eigenvalue weighted by molar-refractivity contribution is 7.80. The Hall–Kier alpha value is -2.93. The Morgan fingerprint density at radius 3 is 2.45 bits per heavy atom. The normalized spacial score (nSPS) is 16.3. The highest BCUT2D eigenvalue weighted by Gasteiger charge is 2.42. The van der Waals surface area contributed by atoms with Gasteiger partial charge in [0.15, 0.2) is 5.11 Å². The van der Waals surface area contributed by atoms with Crippen LogP contribution in [-0.4, -0.2) is 53.0 Å². The molecule has 29 heavy (non-hydrogen) atoms. The molecule has 0 aliphatic carbocycles.